The van der Waals surface area contributed by atoms with E-state index < -0.39 is 38.7 Å². The number of nitrogens with zero attached hydrogens (tertiary/aromatic N) is 2. The van der Waals surface area contributed by atoms with Gasteiger partial charge in [0, 0.05) is 12.0 Å². The molecular formula is C26H21F3N2O6S. The van der Waals surface area contributed by atoms with Crippen LogP contribution in [0.3, 0.4) is 0 Å². The molecule has 12 heteroatoms. The van der Waals surface area contributed by atoms with Crippen molar-refractivity contribution in [2.24, 2.45) is 0 Å². The zero-order valence-corrected chi connectivity index (χ0v) is 20.7. The number of rotatable bonds is 7. The highest BCUT2D eigenvalue weighted by atomic mass is 32.2. The van der Waals surface area contributed by atoms with Crippen molar-refractivity contribution in [1.82, 2.24) is 0 Å². The topological polar surface area (TPSA) is 117 Å². The van der Waals surface area contributed by atoms with Gasteiger partial charge >= 0.3 is 12.1 Å². The number of hydrogen-bond donors (Lipinski definition) is 1. The summed E-state index contributed by atoms with van der Waals surface area (Å²) in [6.45, 7) is -0.334. The Morgan fingerprint density at radius 3 is 2.58 bits per heavy atom. The lowest BCUT2D eigenvalue weighted by atomic mass is 9.98. The zero-order valence-electron chi connectivity index (χ0n) is 19.9. The number of aliphatic carboxylic acids is 1. The molecule has 1 aliphatic heterocycles. The van der Waals surface area contributed by atoms with Crippen molar-refractivity contribution in [1.29, 1.82) is 5.26 Å². The number of carboxylic acids is 1. The predicted molar refractivity (Wildman–Crippen MR) is 130 cm³/mol. The van der Waals surface area contributed by atoms with Crippen LogP contribution < -0.4 is 13.8 Å². The Balaban J connectivity index is 1.87. The van der Waals surface area contributed by atoms with Crippen LogP contribution >= 0.6 is 0 Å². The molecular weight excluding hydrogens is 525 g/mol. The maximum atomic E-state index is 13.7. The molecule has 1 N–H and O–H groups in total. The van der Waals surface area contributed by atoms with Gasteiger partial charge in [0.1, 0.15) is 17.6 Å². The summed E-state index contributed by atoms with van der Waals surface area (Å²) in [5, 5.41) is 18.7. The van der Waals surface area contributed by atoms with Crippen LogP contribution in [-0.4, -0.2) is 39.3 Å². The Morgan fingerprint density at radius 2 is 1.92 bits per heavy atom. The number of carbonyl (C=O) groups is 1. The maximum Gasteiger partial charge on any atom is 0.416 e. The fourth-order valence-electron chi connectivity index (χ4n) is 4.18. The zero-order chi connectivity index (χ0) is 27.7. The molecule has 1 atom stereocenters. The van der Waals surface area contributed by atoms with Crippen molar-refractivity contribution < 1.29 is 41.0 Å². The van der Waals surface area contributed by atoms with Gasteiger partial charge in [-0.05, 0) is 54.4 Å². The number of methoxy groups -OCH3 is 1. The number of alkyl halides is 3. The smallest absolute Gasteiger partial charge is 0.416 e. The van der Waals surface area contributed by atoms with Crippen molar-refractivity contribution in [2.75, 3.05) is 18.0 Å². The molecule has 0 aliphatic carbocycles. The van der Waals surface area contributed by atoms with Gasteiger partial charge in [-0.25, -0.2) is 8.42 Å². The van der Waals surface area contributed by atoms with E-state index in [2.05, 4.69) is 6.07 Å². The first-order valence-corrected chi connectivity index (χ1v) is 12.7. The van der Waals surface area contributed by atoms with Crippen molar-refractivity contribution in [3.05, 3.63) is 71.8 Å². The standard InChI is InChI=1S/C26H21F3N2O6S/c1-36-23-7-2-4-17(14-30)25(23)16-8-10-22-21(12-16)31(15-19(37-22)9-11-24(32)33)38(34,35)20-6-3-5-18(13-20)26(27,28)29/h2-8,10,12-13,19H,9,11,15H2,1H3,(H,32,33). The normalized spacial score (nSPS) is 15.2. The van der Waals surface area contributed by atoms with Gasteiger partial charge in [0.2, 0.25) is 0 Å². The van der Waals surface area contributed by atoms with Crippen molar-refractivity contribution in [2.45, 2.75) is 30.0 Å². The summed E-state index contributed by atoms with van der Waals surface area (Å²) in [7, 11) is -3.13. The molecule has 0 amide bonds. The first-order valence-electron chi connectivity index (χ1n) is 11.3. The average molecular weight is 547 g/mol. The van der Waals surface area contributed by atoms with Crippen LogP contribution in [0.2, 0.25) is 0 Å². The molecule has 0 spiro atoms. The highest BCUT2D eigenvalue weighted by Gasteiger charge is 2.37. The molecule has 1 unspecified atom stereocenters. The molecule has 38 heavy (non-hydrogen) atoms. The Kier molecular flexibility index (Phi) is 7.24. The molecule has 0 radical (unpaired) electrons. The van der Waals surface area contributed by atoms with E-state index in [9.17, 15) is 31.6 Å². The molecule has 3 aromatic rings. The third-order valence-electron chi connectivity index (χ3n) is 5.98. The summed E-state index contributed by atoms with van der Waals surface area (Å²) in [4.78, 5) is 10.5. The Bertz CT molecular complexity index is 1530. The molecule has 198 valence electrons. The van der Waals surface area contributed by atoms with Crippen LogP contribution in [0.5, 0.6) is 11.5 Å². The lowest BCUT2D eigenvalue weighted by Gasteiger charge is -2.36. The second-order valence-corrected chi connectivity index (χ2v) is 10.3. The summed E-state index contributed by atoms with van der Waals surface area (Å²) in [6, 6.07) is 14.8. The number of halogens is 3. The van der Waals surface area contributed by atoms with E-state index in [4.69, 9.17) is 14.6 Å². The minimum absolute atomic E-state index is 0.0290. The molecule has 4 rings (SSSR count). The van der Waals surface area contributed by atoms with Gasteiger partial charge in [0.25, 0.3) is 10.0 Å². The molecule has 0 saturated heterocycles. The lowest BCUT2D eigenvalue weighted by Crippen LogP contribution is -2.43. The Morgan fingerprint density at radius 1 is 1.18 bits per heavy atom. The summed E-state index contributed by atoms with van der Waals surface area (Å²) in [5.74, 6) is -0.658. The number of anilines is 1. The van der Waals surface area contributed by atoms with Gasteiger partial charge in [-0.3, -0.25) is 9.10 Å². The van der Waals surface area contributed by atoms with Gasteiger partial charge in [-0.15, -0.1) is 0 Å². The highest BCUT2D eigenvalue weighted by molar-refractivity contribution is 7.92. The van der Waals surface area contributed by atoms with Gasteiger partial charge in [0.05, 0.1) is 41.4 Å². The minimum atomic E-state index is -4.76. The fraction of sp³-hybridized carbons (Fsp3) is 0.231. The van der Waals surface area contributed by atoms with E-state index in [1.165, 1.54) is 19.2 Å². The summed E-state index contributed by atoms with van der Waals surface area (Å²) < 4.78 is 79.6. The Hall–Kier alpha value is -4.24. The highest BCUT2D eigenvalue weighted by Crippen LogP contribution is 2.43. The second kappa shape index (κ2) is 10.3. The maximum absolute atomic E-state index is 13.7. The van der Waals surface area contributed by atoms with E-state index in [0.29, 0.717) is 22.9 Å². The minimum Gasteiger partial charge on any atom is -0.496 e. The van der Waals surface area contributed by atoms with Crippen molar-refractivity contribution in [3.63, 3.8) is 0 Å². The number of hydrogen-bond acceptors (Lipinski definition) is 6. The SMILES string of the molecule is COc1cccc(C#N)c1-c1ccc2c(c1)N(S(=O)(=O)c1cccc(C(F)(F)F)c1)CC(CCC(=O)O)O2. The number of fused-ring (bicyclic) bond motifs is 1. The van der Waals surface area contributed by atoms with Gasteiger partial charge in [-0.2, -0.15) is 18.4 Å². The number of nitriles is 1. The van der Waals surface area contributed by atoms with Crippen LogP contribution in [0.25, 0.3) is 11.1 Å². The van der Waals surface area contributed by atoms with E-state index >= 15 is 0 Å². The van der Waals surface area contributed by atoms with Gasteiger partial charge in [0.15, 0.2) is 0 Å². The lowest BCUT2D eigenvalue weighted by molar-refractivity contribution is -0.138. The largest absolute Gasteiger partial charge is 0.496 e. The molecule has 1 aliphatic rings. The van der Waals surface area contributed by atoms with Crippen LogP contribution in [0, 0.1) is 11.3 Å². The third kappa shape index (κ3) is 5.24. The number of ether oxygens (including phenoxy) is 2. The molecule has 3 aromatic carbocycles. The van der Waals surface area contributed by atoms with E-state index in [-0.39, 0.29) is 36.4 Å². The molecule has 0 aromatic heterocycles. The third-order valence-corrected chi connectivity index (χ3v) is 7.75. The van der Waals surface area contributed by atoms with Crippen molar-refractivity contribution >= 4 is 21.7 Å². The molecule has 8 nitrogen and oxygen atoms in total. The van der Waals surface area contributed by atoms with Crippen LogP contribution in [0.1, 0.15) is 24.0 Å². The molecule has 0 fully saturated rings. The summed E-state index contributed by atoms with van der Waals surface area (Å²) >= 11 is 0. The number of sulfonamides is 1. The van der Waals surface area contributed by atoms with Crippen molar-refractivity contribution in [3.8, 4) is 28.7 Å². The van der Waals surface area contributed by atoms with Gasteiger partial charge in [-0.1, -0.05) is 18.2 Å². The average Bonchev–Trinajstić information content (AvgIpc) is 2.90. The van der Waals surface area contributed by atoms with E-state index in [0.717, 1.165) is 22.5 Å². The van der Waals surface area contributed by atoms with E-state index in [1.807, 2.05) is 0 Å². The summed E-state index contributed by atoms with van der Waals surface area (Å²) in [6.07, 6.45) is -5.97. The first kappa shape index (κ1) is 26.8. The second-order valence-electron chi connectivity index (χ2n) is 8.41. The molecule has 0 bridgehead atoms. The van der Waals surface area contributed by atoms with Crippen LogP contribution in [-0.2, 0) is 21.0 Å². The monoisotopic (exact) mass is 546 g/mol. The van der Waals surface area contributed by atoms with Gasteiger partial charge < -0.3 is 14.6 Å². The predicted octanol–water partition coefficient (Wildman–Crippen LogP) is 5.07. The van der Waals surface area contributed by atoms with Crippen LogP contribution in [0.4, 0.5) is 18.9 Å². The molecule has 0 saturated carbocycles. The van der Waals surface area contributed by atoms with E-state index in [1.54, 1.807) is 24.3 Å². The quantitative estimate of drug-likeness (QED) is 0.440. The number of benzene rings is 3. The molecule has 1 heterocycles. The number of carboxylic acid groups (broad SMARTS) is 1. The summed E-state index contributed by atoms with van der Waals surface area (Å²) in [5.41, 5.74) is -0.0378. The first-order chi connectivity index (χ1) is 18.0. The fourth-order valence-corrected chi connectivity index (χ4v) is 5.73. The Labute approximate surface area is 216 Å². The van der Waals surface area contributed by atoms with Crippen LogP contribution in [0.15, 0.2) is 65.6 Å².